The van der Waals surface area contributed by atoms with E-state index >= 15 is 0 Å². The topological polar surface area (TPSA) is 70.7 Å². The number of carbonyl (C=O) groups excluding carboxylic acids is 2. The molecule has 6 nitrogen and oxygen atoms in total. The van der Waals surface area contributed by atoms with Crippen molar-refractivity contribution in [1.82, 2.24) is 15.5 Å². The molecule has 7 heteroatoms. The summed E-state index contributed by atoms with van der Waals surface area (Å²) in [4.78, 5) is 28.0. The quantitative estimate of drug-likeness (QED) is 0.776. The highest BCUT2D eigenvalue weighted by molar-refractivity contribution is 5.97. The van der Waals surface area contributed by atoms with Crippen molar-refractivity contribution in [3.63, 3.8) is 0 Å². The van der Waals surface area contributed by atoms with Gasteiger partial charge in [0.25, 0.3) is 5.91 Å². The number of likely N-dealkylation sites (tertiary alicyclic amines) is 1. The number of carbonyl (C=O) groups is 2. The second-order valence-electron chi connectivity index (χ2n) is 8.26. The Hall–Kier alpha value is -2.93. The summed E-state index contributed by atoms with van der Waals surface area (Å²) in [6.07, 6.45) is 1.97. The number of rotatable bonds is 2. The van der Waals surface area contributed by atoms with Gasteiger partial charge in [-0.3, -0.25) is 14.5 Å². The zero-order chi connectivity index (χ0) is 21.6. The highest BCUT2D eigenvalue weighted by atomic mass is 19.1. The van der Waals surface area contributed by atoms with Crippen LogP contribution < -0.4 is 15.4 Å². The van der Waals surface area contributed by atoms with Gasteiger partial charge < -0.3 is 15.4 Å². The Kier molecular flexibility index (Phi) is 6.82. The van der Waals surface area contributed by atoms with Crippen LogP contribution in [0.2, 0.25) is 0 Å². The maximum atomic E-state index is 13.9. The minimum absolute atomic E-state index is 0.0459. The standard InChI is InChI=1S/C24H28FN3O3/c25-19-8-10-22-21(13-19)24(30)27-20-9-7-18(23(29)26-11-4-12-31-22)15-28(16-20)14-17-5-2-1-3-6-17/h1-3,5-6,8,10,13,18,20H,4,7,9,11-12,14-16H2,(H,26,29)(H,27,30)/t18-,20+/m0/s1. The van der Waals surface area contributed by atoms with E-state index in [0.717, 1.165) is 5.56 Å². The van der Waals surface area contributed by atoms with Gasteiger partial charge in [-0.15, -0.1) is 0 Å². The molecule has 0 aliphatic carbocycles. The van der Waals surface area contributed by atoms with Crippen LogP contribution in [-0.2, 0) is 11.3 Å². The van der Waals surface area contributed by atoms with E-state index in [-0.39, 0.29) is 29.3 Å². The van der Waals surface area contributed by atoms with Gasteiger partial charge in [-0.25, -0.2) is 4.39 Å². The van der Waals surface area contributed by atoms with Gasteiger partial charge in [0.15, 0.2) is 0 Å². The lowest BCUT2D eigenvalue weighted by molar-refractivity contribution is -0.125. The molecule has 2 aromatic rings. The number of nitrogens with one attached hydrogen (secondary N) is 2. The van der Waals surface area contributed by atoms with E-state index in [2.05, 4.69) is 27.7 Å². The molecular formula is C24H28FN3O3. The van der Waals surface area contributed by atoms with E-state index in [4.69, 9.17) is 4.74 Å². The van der Waals surface area contributed by atoms with Crippen LogP contribution in [-0.4, -0.2) is 49.0 Å². The highest BCUT2D eigenvalue weighted by Gasteiger charge is 2.30. The van der Waals surface area contributed by atoms with Crippen LogP contribution in [0.5, 0.6) is 5.75 Å². The fourth-order valence-electron chi connectivity index (χ4n) is 4.26. The van der Waals surface area contributed by atoms with Crippen molar-refractivity contribution in [3.05, 3.63) is 65.5 Å². The average molecular weight is 426 g/mol. The van der Waals surface area contributed by atoms with E-state index in [1.54, 1.807) is 0 Å². The first-order chi connectivity index (χ1) is 15.1. The number of hydrogen-bond donors (Lipinski definition) is 2. The van der Waals surface area contributed by atoms with E-state index in [0.29, 0.717) is 57.8 Å². The van der Waals surface area contributed by atoms with Crippen molar-refractivity contribution in [3.8, 4) is 5.75 Å². The second kappa shape index (κ2) is 9.92. The Balaban J connectivity index is 1.59. The number of hydrogen-bond acceptors (Lipinski definition) is 4. The minimum atomic E-state index is -0.475. The number of halogens is 1. The second-order valence-corrected chi connectivity index (χ2v) is 8.26. The van der Waals surface area contributed by atoms with Gasteiger partial charge in [-0.2, -0.15) is 0 Å². The first-order valence-electron chi connectivity index (χ1n) is 10.9. The number of amides is 2. The number of ether oxygens (including phenoxy) is 1. The summed E-state index contributed by atoms with van der Waals surface area (Å²) in [6.45, 7) is 2.79. The van der Waals surface area contributed by atoms with Crippen LogP contribution in [0, 0.1) is 11.7 Å². The maximum Gasteiger partial charge on any atom is 0.255 e. The molecular weight excluding hydrogens is 397 g/mol. The van der Waals surface area contributed by atoms with Crippen LogP contribution in [0.25, 0.3) is 0 Å². The molecule has 2 aromatic carbocycles. The molecule has 1 fully saturated rings. The van der Waals surface area contributed by atoms with E-state index < -0.39 is 5.82 Å². The number of fused-ring (bicyclic) bond motifs is 4. The third-order valence-electron chi connectivity index (χ3n) is 5.84. The van der Waals surface area contributed by atoms with Crippen molar-refractivity contribution < 1.29 is 18.7 Å². The fourth-order valence-corrected chi connectivity index (χ4v) is 4.26. The molecule has 0 unspecified atom stereocenters. The number of nitrogens with zero attached hydrogens (tertiary/aromatic N) is 1. The van der Waals surface area contributed by atoms with Crippen molar-refractivity contribution in [2.24, 2.45) is 5.92 Å². The molecule has 1 saturated heterocycles. The third kappa shape index (κ3) is 5.61. The van der Waals surface area contributed by atoms with E-state index in [1.165, 1.54) is 18.2 Å². The monoisotopic (exact) mass is 425 g/mol. The molecule has 164 valence electrons. The Labute approximate surface area is 181 Å². The molecule has 2 heterocycles. The van der Waals surface area contributed by atoms with Gasteiger partial charge in [0.2, 0.25) is 5.91 Å². The summed E-state index contributed by atoms with van der Waals surface area (Å²) < 4.78 is 19.6. The van der Waals surface area contributed by atoms with Gasteiger partial charge >= 0.3 is 0 Å². The summed E-state index contributed by atoms with van der Waals surface area (Å²) in [5.41, 5.74) is 1.36. The van der Waals surface area contributed by atoms with Crippen molar-refractivity contribution in [1.29, 1.82) is 0 Å². The van der Waals surface area contributed by atoms with Gasteiger partial charge in [-0.1, -0.05) is 30.3 Å². The Morgan fingerprint density at radius 1 is 1.06 bits per heavy atom. The van der Waals surface area contributed by atoms with Crippen LogP contribution in [0.1, 0.15) is 35.2 Å². The van der Waals surface area contributed by atoms with Crippen LogP contribution in [0.3, 0.4) is 0 Å². The van der Waals surface area contributed by atoms with Crippen molar-refractivity contribution >= 4 is 11.8 Å². The summed E-state index contributed by atoms with van der Waals surface area (Å²) in [7, 11) is 0. The molecule has 0 saturated carbocycles. The third-order valence-corrected chi connectivity index (χ3v) is 5.84. The largest absolute Gasteiger partial charge is 0.493 e. The minimum Gasteiger partial charge on any atom is -0.493 e. The number of benzene rings is 2. The van der Waals surface area contributed by atoms with Gasteiger partial charge in [0, 0.05) is 32.2 Å². The van der Waals surface area contributed by atoms with Crippen LogP contribution in [0.15, 0.2) is 48.5 Å². The summed E-state index contributed by atoms with van der Waals surface area (Å²) in [5.74, 6) is -0.560. The summed E-state index contributed by atoms with van der Waals surface area (Å²) in [6, 6.07) is 13.9. The average Bonchev–Trinajstić information content (AvgIpc) is 2.96. The molecule has 2 bridgehead atoms. The lowest BCUT2D eigenvalue weighted by Gasteiger charge is -2.26. The Morgan fingerprint density at radius 3 is 2.74 bits per heavy atom. The molecule has 2 N–H and O–H groups in total. The smallest absolute Gasteiger partial charge is 0.255 e. The van der Waals surface area contributed by atoms with Crippen molar-refractivity contribution in [2.75, 3.05) is 26.2 Å². The van der Waals surface area contributed by atoms with Crippen molar-refractivity contribution in [2.45, 2.75) is 31.8 Å². The normalized spacial score (nSPS) is 23.0. The maximum absolute atomic E-state index is 13.9. The summed E-state index contributed by atoms with van der Waals surface area (Å²) >= 11 is 0. The molecule has 4 rings (SSSR count). The highest BCUT2D eigenvalue weighted by Crippen LogP contribution is 2.23. The lowest BCUT2D eigenvalue weighted by Crippen LogP contribution is -2.43. The molecule has 0 spiro atoms. The zero-order valence-electron chi connectivity index (χ0n) is 17.5. The van der Waals surface area contributed by atoms with Crippen LogP contribution in [0.4, 0.5) is 4.39 Å². The molecule has 2 aliphatic rings. The Bertz CT molecular complexity index is 922. The molecule has 0 radical (unpaired) electrons. The first-order valence-corrected chi connectivity index (χ1v) is 10.9. The molecule has 2 amide bonds. The SMILES string of the molecule is O=C1N[C@@H]2CC[C@@H](CN(Cc3ccccc3)C2)C(=O)NCCCOc2ccc(F)cc21. The molecule has 2 atom stereocenters. The molecule has 31 heavy (non-hydrogen) atoms. The molecule has 0 aromatic heterocycles. The molecule has 2 aliphatic heterocycles. The zero-order valence-corrected chi connectivity index (χ0v) is 17.5. The van der Waals surface area contributed by atoms with E-state index in [1.807, 2.05) is 18.2 Å². The fraction of sp³-hybridized carbons (Fsp3) is 0.417. The Morgan fingerprint density at radius 2 is 1.90 bits per heavy atom. The predicted octanol–water partition coefficient (Wildman–Crippen LogP) is 2.74. The van der Waals surface area contributed by atoms with Gasteiger partial charge in [-0.05, 0) is 43.0 Å². The van der Waals surface area contributed by atoms with Gasteiger partial charge in [0.1, 0.15) is 11.6 Å². The van der Waals surface area contributed by atoms with E-state index in [9.17, 15) is 14.0 Å². The lowest BCUT2D eigenvalue weighted by atomic mass is 10.0. The predicted molar refractivity (Wildman–Crippen MR) is 115 cm³/mol. The van der Waals surface area contributed by atoms with Crippen LogP contribution >= 0.6 is 0 Å². The van der Waals surface area contributed by atoms with Gasteiger partial charge in [0.05, 0.1) is 18.1 Å². The summed E-state index contributed by atoms with van der Waals surface area (Å²) in [5, 5.41) is 6.08. The first kappa shape index (κ1) is 21.3.